The van der Waals surface area contributed by atoms with Crippen molar-refractivity contribution in [2.45, 2.75) is 32.7 Å². The van der Waals surface area contributed by atoms with Crippen LogP contribution >= 0.6 is 0 Å². The van der Waals surface area contributed by atoms with Crippen LogP contribution in [0, 0.1) is 5.92 Å². The van der Waals surface area contributed by atoms with E-state index in [0.29, 0.717) is 24.8 Å². The maximum Gasteiger partial charge on any atom is 0.289 e. The number of furan rings is 2. The molecule has 0 bridgehead atoms. The van der Waals surface area contributed by atoms with Crippen molar-refractivity contribution in [3.05, 3.63) is 78.1 Å². The summed E-state index contributed by atoms with van der Waals surface area (Å²) in [5.41, 5.74) is 1.04. The highest BCUT2D eigenvalue weighted by molar-refractivity contribution is 5.91. The Morgan fingerprint density at radius 1 is 1.04 bits per heavy atom. The second-order valence-electron chi connectivity index (χ2n) is 7.21. The molecule has 0 N–H and O–H groups in total. The molecule has 5 heteroatoms. The van der Waals surface area contributed by atoms with E-state index in [1.54, 1.807) is 25.5 Å². The summed E-state index contributed by atoms with van der Waals surface area (Å²) in [6, 6.07) is 15.1. The van der Waals surface area contributed by atoms with E-state index >= 15 is 0 Å². The average Bonchev–Trinajstić information content (AvgIpc) is 3.41. The number of hydrogen-bond donors (Lipinski definition) is 0. The van der Waals surface area contributed by atoms with Crippen LogP contribution in [0.25, 0.3) is 0 Å². The molecular weight excluding hydrogens is 354 g/mol. The molecule has 0 saturated heterocycles. The van der Waals surface area contributed by atoms with E-state index in [9.17, 15) is 4.79 Å². The number of nitrogens with zero attached hydrogens (tertiary/aromatic N) is 1. The molecule has 1 aromatic carbocycles. The minimum absolute atomic E-state index is 0.109. The Morgan fingerprint density at radius 3 is 2.32 bits per heavy atom. The Labute approximate surface area is 165 Å². The maximum absolute atomic E-state index is 13.0. The monoisotopic (exact) mass is 381 g/mol. The second kappa shape index (κ2) is 9.31. The summed E-state index contributed by atoms with van der Waals surface area (Å²) in [6.07, 6.45) is 4.04. The summed E-state index contributed by atoms with van der Waals surface area (Å²) in [4.78, 5) is 14.8. The maximum atomic E-state index is 13.0. The summed E-state index contributed by atoms with van der Waals surface area (Å²) in [6.45, 7) is 5.46. The quantitative estimate of drug-likeness (QED) is 0.501. The Kier molecular flexibility index (Phi) is 6.58. The summed E-state index contributed by atoms with van der Waals surface area (Å²) in [7, 11) is 1.64. The lowest BCUT2D eigenvalue weighted by Gasteiger charge is -2.26. The average molecular weight is 381 g/mol. The van der Waals surface area contributed by atoms with Crippen LogP contribution in [-0.2, 0) is 6.54 Å². The van der Waals surface area contributed by atoms with E-state index in [1.165, 1.54) is 6.26 Å². The lowest BCUT2D eigenvalue weighted by molar-refractivity contribution is 0.0701. The second-order valence-corrected chi connectivity index (χ2v) is 7.21. The van der Waals surface area contributed by atoms with Crippen molar-refractivity contribution in [2.75, 3.05) is 13.7 Å². The fourth-order valence-corrected chi connectivity index (χ4v) is 3.36. The van der Waals surface area contributed by atoms with Gasteiger partial charge in [-0.05, 0) is 54.3 Å². The number of ether oxygens (including phenoxy) is 1. The van der Waals surface area contributed by atoms with Gasteiger partial charge in [0.25, 0.3) is 5.91 Å². The topological polar surface area (TPSA) is 55.8 Å². The molecule has 3 aromatic rings. The summed E-state index contributed by atoms with van der Waals surface area (Å²) in [5.74, 6) is 2.66. The normalized spacial score (nSPS) is 12.1. The zero-order valence-electron chi connectivity index (χ0n) is 16.6. The van der Waals surface area contributed by atoms with E-state index in [-0.39, 0.29) is 11.8 Å². The molecule has 1 amide bonds. The van der Waals surface area contributed by atoms with E-state index in [2.05, 4.69) is 13.8 Å². The van der Waals surface area contributed by atoms with Gasteiger partial charge < -0.3 is 18.5 Å². The fourth-order valence-electron chi connectivity index (χ4n) is 3.36. The van der Waals surface area contributed by atoms with Crippen LogP contribution in [-0.4, -0.2) is 24.5 Å². The third-order valence-corrected chi connectivity index (χ3v) is 4.98. The van der Waals surface area contributed by atoms with Gasteiger partial charge in [-0.15, -0.1) is 0 Å². The van der Waals surface area contributed by atoms with Crippen molar-refractivity contribution in [3.63, 3.8) is 0 Å². The van der Waals surface area contributed by atoms with Crippen LogP contribution in [0.5, 0.6) is 5.75 Å². The first kappa shape index (κ1) is 19.8. The molecule has 0 aliphatic heterocycles. The number of methoxy groups -OCH3 is 1. The molecule has 2 aromatic heterocycles. The highest BCUT2D eigenvalue weighted by atomic mass is 16.5. The molecule has 3 rings (SSSR count). The van der Waals surface area contributed by atoms with Crippen molar-refractivity contribution >= 4 is 5.91 Å². The van der Waals surface area contributed by atoms with Crippen LogP contribution in [0.3, 0.4) is 0 Å². The van der Waals surface area contributed by atoms with Gasteiger partial charge in [-0.1, -0.05) is 26.0 Å². The highest BCUT2D eigenvalue weighted by Gasteiger charge is 2.23. The molecule has 0 radical (unpaired) electrons. The Morgan fingerprint density at radius 2 is 1.75 bits per heavy atom. The first-order valence-electron chi connectivity index (χ1n) is 9.57. The van der Waals surface area contributed by atoms with Gasteiger partial charge in [0.2, 0.25) is 0 Å². The smallest absolute Gasteiger partial charge is 0.289 e. The number of benzene rings is 1. The van der Waals surface area contributed by atoms with Gasteiger partial charge in [0.1, 0.15) is 11.5 Å². The predicted molar refractivity (Wildman–Crippen MR) is 107 cm³/mol. The first-order chi connectivity index (χ1) is 13.6. The van der Waals surface area contributed by atoms with Crippen molar-refractivity contribution in [1.29, 1.82) is 0 Å². The third-order valence-electron chi connectivity index (χ3n) is 4.98. The SMILES string of the molecule is COc1ccc(CN(CC[C@H](c2ccco2)C(C)C)C(=O)c2ccco2)cc1. The Balaban J connectivity index is 1.76. The van der Waals surface area contributed by atoms with Crippen LogP contribution in [0.2, 0.25) is 0 Å². The van der Waals surface area contributed by atoms with Crippen molar-refractivity contribution in [1.82, 2.24) is 4.90 Å². The van der Waals surface area contributed by atoms with Crippen molar-refractivity contribution in [2.24, 2.45) is 5.92 Å². The fraction of sp³-hybridized carbons (Fsp3) is 0.348. The number of rotatable bonds is 9. The van der Waals surface area contributed by atoms with Gasteiger partial charge in [-0.25, -0.2) is 0 Å². The van der Waals surface area contributed by atoms with Crippen LogP contribution in [0.1, 0.15) is 48.1 Å². The highest BCUT2D eigenvalue weighted by Crippen LogP contribution is 2.29. The summed E-state index contributed by atoms with van der Waals surface area (Å²) < 4.78 is 16.2. The van der Waals surface area contributed by atoms with Crippen LogP contribution in [0.4, 0.5) is 0 Å². The molecule has 0 spiro atoms. The van der Waals surface area contributed by atoms with Gasteiger partial charge in [0.05, 0.1) is 19.6 Å². The molecule has 0 saturated carbocycles. The van der Waals surface area contributed by atoms with E-state index in [0.717, 1.165) is 23.5 Å². The van der Waals surface area contributed by atoms with Gasteiger partial charge in [0.15, 0.2) is 5.76 Å². The Hall–Kier alpha value is -2.95. The molecule has 0 aliphatic carbocycles. The van der Waals surface area contributed by atoms with E-state index < -0.39 is 0 Å². The largest absolute Gasteiger partial charge is 0.497 e. The van der Waals surface area contributed by atoms with E-state index in [4.69, 9.17) is 13.6 Å². The molecule has 0 fully saturated rings. The molecule has 0 unspecified atom stereocenters. The summed E-state index contributed by atoms with van der Waals surface area (Å²) >= 11 is 0. The summed E-state index contributed by atoms with van der Waals surface area (Å²) in [5, 5.41) is 0. The zero-order chi connectivity index (χ0) is 19.9. The molecule has 148 valence electrons. The molecule has 2 heterocycles. The first-order valence-corrected chi connectivity index (χ1v) is 9.57. The predicted octanol–water partition coefficient (Wildman–Crippen LogP) is 5.35. The number of carbonyl (C=O) groups excluding carboxylic acids is 1. The van der Waals surface area contributed by atoms with E-state index in [1.807, 2.05) is 41.3 Å². The lowest BCUT2D eigenvalue weighted by Crippen LogP contribution is -2.32. The van der Waals surface area contributed by atoms with Crippen LogP contribution in [0.15, 0.2) is 69.9 Å². The third kappa shape index (κ3) is 4.85. The molecule has 28 heavy (non-hydrogen) atoms. The molecular formula is C23H27NO4. The number of amides is 1. The number of carbonyl (C=O) groups is 1. The number of hydrogen-bond acceptors (Lipinski definition) is 4. The minimum Gasteiger partial charge on any atom is -0.497 e. The zero-order valence-corrected chi connectivity index (χ0v) is 16.6. The van der Waals surface area contributed by atoms with Crippen LogP contribution < -0.4 is 4.74 Å². The van der Waals surface area contributed by atoms with Gasteiger partial charge in [-0.3, -0.25) is 4.79 Å². The molecule has 1 atom stereocenters. The van der Waals surface area contributed by atoms with Crippen molar-refractivity contribution < 1.29 is 18.4 Å². The van der Waals surface area contributed by atoms with Crippen molar-refractivity contribution in [3.8, 4) is 5.75 Å². The molecule has 5 nitrogen and oxygen atoms in total. The molecule has 0 aliphatic rings. The minimum atomic E-state index is -0.109. The standard InChI is InChI=1S/C23H27NO4/c1-17(2)20(21-6-4-14-27-21)12-13-24(23(25)22-7-5-15-28-22)16-18-8-10-19(26-3)11-9-18/h4-11,14-15,17,20H,12-13,16H2,1-3H3/t20-/m0/s1. The van der Waals surface area contributed by atoms with Gasteiger partial charge >= 0.3 is 0 Å². The van der Waals surface area contributed by atoms with Gasteiger partial charge in [-0.2, -0.15) is 0 Å². The Bertz CT molecular complexity index is 835. The van der Waals surface area contributed by atoms with Gasteiger partial charge in [0, 0.05) is 19.0 Å². The lowest BCUT2D eigenvalue weighted by atomic mass is 9.90.